The van der Waals surface area contributed by atoms with Crippen molar-refractivity contribution >= 4 is 23.2 Å². The van der Waals surface area contributed by atoms with Crippen molar-refractivity contribution in [2.24, 2.45) is 0 Å². The fourth-order valence-corrected chi connectivity index (χ4v) is 3.35. The quantitative estimate of drug-likeness (QED) is 0.746. The normalized spacial score (nSPS) is 15.2. The van der Waals surface area contributed by atoms with Crippen LogP contribution < -0.4 is 29.2 Å². The maximum absolute atomic E-state index is 12.9. The number of anilines is 2. The Bertz CT molecular complexity index is 934. The summed E-state index contributed by atoms with van der Waals surface area (Å²) in [6.45, 7) is 4.31. The van der Waals surface area contributed by atoms with E-state index in [4.69, 9.17) is 18.9 Å². The van der Waals surface area contributed by atoms with E-state index in [0.29, 0.717) is 46.5 Å². The number of amides is 2. The van der Waals surface area contributed by atoms with Gasteiger partial charge in [-0.3, -0.25) is 9.59 Å². The summed E-state index contributed by atoms with van der Waals surface area (Å²) in [5, 5.41) is 2.85. The summed E-state index contributed by atoms with van der Waals surface area (Å²) in [5.74, 6) is 1.33. The molecule has 160 valence electrons. The third-order valence-corrected chi connectivity index (χ3v) is 4.80. The van der Waals surface area contributed by atoms with Gasteiger partial charge in [-0.1, -0.05) is 6.92 Å². The van der Waals surface area contributed by atoms with Gasteiger partial charge in [0.1, 0.15) is 5.75 Å². The highest BCUT2D eigenvalue weighted by Gasteiger charge is 2.31. The molecule has 0 saturated carbocycles. The fraction of sp³-hybridized carbons (Fsp3) is 0.364. The second kappa shape index (κ2) is 8.94. The number of nitrogens with one attached hydrogen (secondary N) is 1. The molecule has 1 aliphatic heterocycles. The molecule has 0 saturated heterocycles. The minimum Gasteiger partial charge on any atom is -0.493 e. The standard InChI is InChI=1S/C22H26N2O6/c1-6-9-24-16-12-15(7-8-17(16)30-13(2)22(24)26)23-21(25)14-10-18(27-3)20(29-5)19(11-14)28-4/h7-8,10-13H,6,9H2,1-5H3,(H,23,25). The Labute approximate surface area is 175 Å². The molecule has 1 atom stereocenters. The molecule has 2 aromatic carbocycles. The molecule has 3 rings (SSSR count). The lowest BCUT2D eigenvalue weighted by Crippen LogP contribution is -2.44. The Kier molecular flexibility index (Phi) is 6.34. The van der Waals surface area contributed by atoms with Crippen molar-refractivity contribution in [1.82, 2.24) is 0 Å². The number of methoxy groups -OCH3 is 3. The third-order valence-electron chi connectivity index (χ3n) is 4.80. The number of nitrogens with zero attached hydrogens (tertiary/aromatic N) is 1. The highest BCUT2D eigenvalue weighted by atomic mass is 16.5. The molecule has 8 nitrogen and oxygen atoms in total. The molecule has 0 bridgehead atoms. The van der Waals surface area contributed by atoms with E-state index in [1.165, 1.54) is 21.3 Å². The number of carbonyl (C=O) groups excluding carboxylic acids is 2. The summed E-state index contributed by atoms with van der Waals surface area (Å²) in [6.07, 6.45) is 0.267. The summed E-state index contributed by atoms with van der Waals surface area (Å²) >= 11 is 0. The van der Waals surface area contributed by atoms with E-state index in [9.17, 15) is 9.59 Å². The number of ether oxygens (including phenoxy) is 4. The van der Waals surface area contributed by atoms with Crippen molar-refractivity contribution < 1.29 is 28.5 Å². The number of fused-ring (bicyclic) bond motifs is 1. The Morgan fingerprint density at radius 2 is 1.77 bits per heavy atom. The van der Waals surface area contributed by atoms with Crippen LogP contribution >= 0.6 is 0 Å². The molecule has 2 aromatic rings. The van der Waals surface area contributed by atoms with Crippen LogP contribution in [0.4, 0.5) is 11.4 Å². The van der Waals surface area contributed by atoms with E-state index in [1.807, 2.05) is 6.92 Å². The van der Waals surface area contributed by atoms with Crippen molar-refractivity contribution in [3.8, 4) is 23.0 Å². The molecule has 0 radical (unpaired) electrons. The monoisotopic (exact) mass is 414 g/mol. The molecule has 1 unspecified atom stereocenters. The molecule has 1 aliphatic rings. The van der Waals surface area contributed by atoms with Crippen LogP contribution in [0, 0.1) is 0 Å². The number of benzene rings is 2. The highest BCUT2D eigenvalue weighted by molar-refractivity contribution is 6.06. The Morgan fingerprint density at radius 1 is 1.10 bits per heavy atom. The van der Waals surface area contributed by atoms with Gasteiger partial charge in [-0.15, -0.1) is 0 Å². The zero-order valence-corrected chi connectivity index (χ0v) is 17.8. The molecular weight excluding hydrogens is 388 g/mol. The molecule has 8 heteroatoms. The molecule has 0 aliphatic carbocycles. The van der Waals surface area contributed by atoms with Crippen LogP contribution in [0.25, 0.3) is 0 Å². The second-order valence-corrected chi connectivity index (χ2v) is 6.80. The number of hydrogen-bond acceptors (Lipinski definition) is 6. The maximum atomic E-state index is 12.9. The van der Waals surface area contributed by atoms with Crippen molar-refractivity contribution in [3.05, 3.63) is 35.9 Å². The first-order valence-corrected chi connectivity index (χ1v) is 9.66. The van der Waals surface area contributed by atoms with Crippen molar-refractivity contribution in [2.45, 2.75) is 26.4 Å². The summed E-state index contributed by atoms with van der Waals surface area (Å²) in [4.78, 5) is 27.1. The van der Waals surface area contributed by atoms with Gasteiger partial charge >= 0.3 is 0 Å². The largest absolute Gasteiger partial charge is 0.493 e. The number of hydrogen-bond donors (Lipinski definition) is 1. The zero-order valence-electron chi connectivity index (χ0n) is 17.8. The highest BCUT2D eigenvalue weighted by Crippen LogP contribution is 2.39. The average molecular weight is 414 g/mol. The Morgan fingerprint density at radius 3 is 2.33 bits per heavy atom. The van der Waals surface area contributed by atoms with Gasteiger partial charge in [-0.25, -0.2) is 0 Å². The molecular formula is C22H26N2O6. The van der Waals surface area contributed by atoms with Crippen molar-refractivity contribution in [1.29, 1.82) is 0 Å². The predicted molar refractivity (Wildman–Crippen MR) is 113 cm³/mol. The smallest absolute Gasteiger partial charge is 0.267 e. The SMILES string of the molecule is CCCN1C(=O)C(C)Oc2ccc(NC(=O)c3cc(OC)c(OC)c(OC)c3)cc21. The summed E-state index contributed by atoms with van der Waals surface area (Å²) in [6, 6.07) is 8.39. The molecule has 0 aromatic heterocycles. The predicted octanol–water partition coefficient (Wildman–Crippen LogP) is 3.49. The lowest BCUT2D eigenvalue weighted by Gasteiger charge is -2.33. The Hall–Kier alpha value is -3.42. The van der Waals surface area contributed by atoms with E-state index in [-0.39, 0.29) is 11.8 Å². The van der Waals surface area contributed by atoms with Crippen LogP contribution in [0.5, 0.6) is 23.0 Å². The lowest BCUT2D eigenvalue weighted by molar-refractivity contribution is -0.125. The lowest BCUT2D eigenvalue weighted by atomic mass is 10.1. The van der Waals surface area contributed by atoms with Crippen LogP contribution in [-0.2, 0) is 4.79 Å². The molecule has 2 amide bonds. The maximum Gasteiger partial charge on any atom is 0.267 e. The van der Waals surface area contributed by atoms with Gasteiger partial charge in [-0.05, 0) is 43.7 Å². The molecule has 30 heavy (non-hydrogen) atoms. The van der Waals surface area contributed by atoms with Crippen LogP contribution in [0.2, 0.25) is 0 Å². The number of rotatable bonds is 7. The van der Waals surface area contributed by atoms with Gasteiger partial charge in [0.15, 0.2) is 17.6 Å². The van der Waals surface area contributed by atoms with E-state index in [1.54, 1.807) is 42.2 Å². The topological polar surface area (TPSA) is 86.3 Å². The zero-order chi connectivity index (χ0) is 21.8. The van der Waals surface area contributed by atoms with Crippen LogP contribution in [-0.4, -0.2) is 45.8 Å². The van der Waals surface area contributed by atoms with Crippen molar-refractivity contribution in [3.63, 3.8) is 0 Å². The molecule has 0 spiro atoms. The van der Waals surface area contributed by atoms with Gasteiger partial charge in [0, 0.05) is 17.8 Å². The van der Waals surface area contributed by atoms with Gasteiger partial charge in [-0.2, -0.15) is 0 Å². The molecule has 0 fully saturated rings. The van der Waals surface area contributed by atoms with Crippen LogP contribution in [0.15, 0.2) is 30.3 Å². The molecule has 1 N–H and O–H groups in total. The van der Waals surface area contributed by atoms with E-state index < -0.39 is 6.10 Å². The van der Waals surface area contributed by atoms with E-state index in [0.717, 1.165) is 6.42 Å². The minimum absolute atomic E-state index is 0.0996. The average Bonchev–Trinajstić information content (AvgIpc) is 2.76. The van der Waals surface area contributed by atoms with Gasteiger partial charge in [0.25, 0.3) is 11.8 Å². The van der Waals surface area contributed by atoms with Crippen LogP contribution in [0.1, 0.15) is 30.6 Å². The molecule has 1 heterocycles. The first kappa shape index (κ1) is 21.3. The van der Waals surface area contributed by atoms with Gasteiger partial charge < -0.3 is 29.2 Å². The summed E-state index contributed by atoms with van der Waals surface area (Å²) < 4.78 is 21.6. The second-order valence-electron chi connectivity index (χ2n) is 6.80. The number of carbonyl (C=O) groups is 2. The third kappa shape index (κ3) is 3.98. The van der Waals surface area contributed by atoms with Gasteiger partial charge in [0.2, 0.25) is 5.75 Å². The fourth-order valence-electron chi connectivity index (χ4n) is 3.35. The van der Waals surface area contributed by atoms with Crippen LogP contribution in [0.3, 0.4) is 0 Å². The first-order valence-electron chi connectivity index (χ1n) is 9.66. The summed E-state index contributed by atoms with van der Waals surface area (Å²) in [7, 11) is 4.48. The first-order chi connectivity index (χ1) is 14.4. The van der Waals surface area contributed by atoms with E-state index >= 15 is 0 Å². The summed E-state index contributed by atoms with van der Waals surface area (Å²) in [5.41, 5.74) is 1.52. The van der Waals surface area contributed by atoms with E-state index in [2.05, 4.69) is 5.32 Å². The Balaban J connectivity index is 1.91. The minimum atomic E-state index is -0.538. The van der Waals surface area contributed by atoms with Crippen molar-refractivity contribution in [2.75, 3.05) is 38.1 Å². The van der Waals surface area contributed by atoms with Gasteiger partial charge in [0.05, 0.1) is 27.0 Å².